The molecular formula is C15H24N2O. The molecular weight excluding hydrogens is 224 g/mol. The van der Waals surface area contributed by atoms with Gasteiger partial charge in [-0.2, -0.15) is 0 Å². The van der Waals surface area contributed by atoms with Gasteiger partial charge in [-0.15, -0.1) is 0 Å². The second-order valence-electron chi connectivity index (χ2n) is 5.21. The van der Waals surface area contributed by atoms with Crippen molar-refractivity contribution in [3.05, 3.63) is 24.3 Å². The summed E-state index contributed by atoms with van der Waals surface area (Å²) in [6.45, 7) is 2.95. The van der Waals surface area contributed by atoms with Crippen LogP contribution >= 0.6 is 0 Å². The second-order valence-corrected chi connectivity index (χ2v) is 5.21. The van der Waals surface area contributed by atoms with Crippen molar-refractivity contribution in [1.29, 1.82) is 0 Å². The van der Waals surface area contributed by atoms with Gasteiger partial charge in [-0.05, 0) is 30.9 Å². The molecule has 2 unspecified atom stereocenters. The van der Waals surface area contributed by atoms with Crippen LogP contribution in [0.2, 0.25) is 0 Å². The first-order valence-electron chi connectivity index (χ1n) is 6.86. The number of nitrogens with one attached hydrogen (secondary N) is 1. The van der Waals surface area contributed by atoms with E-state index in [0.29, 0.717) is 12.5 Å². The molecule has 2 atom stereocenters. The van der Waals surface area contributed by atoms with Crippen LogP contribution in [0.25, 0.3) is 0 Å². The summed E-state index contributed by atoms with van der Waals surface area (Å²) in [5.41, 5.74) is 7.24. The third-order valence-corrected chi connectivity index (χ3v) is 4.28. The zero-order valence-electron chi connectivity index (χ0n) is 11.4. The maximum atomic E-state index is 6.06. The third-order valence-electron chi connectivity index (χ3n) is 4.28. The van der Waals surface area contributed by atoms with Crippen molar-refractivity contribution in [3.8, 4) is 5.75 Å². The van der Waals surface area contributed by atoms with Crippen molar-refractivity contribution in [1.82, 2.24) is 0 Å². The molecule has 1 aromatic rings. The molecule has 3 N–H and O–H groups in total. The number of ether oxygens (including phenoxy) is 1. The number of hydrogen-bond acceptors (Lipinski definition) is 3. The quantitative estimate of drug-likeness (QED) is 0.842. The van der Waals surface area contributed by atoms with Crippen LogP contribution in [0.4, 0.5) is 5.69 Å². The fraction of sp³-hybridized carbons (Fsp3) is 0.600. The van der Waals surface area contributed by atoms with Crippen molar-refractivity contribution >= 4 is 5.69 Å². The molecule has 100 valence electrons. The van der Waals surface area contributed by atoms with Gasteiger partial charge in [0.05, 0.1) is 12.6 Å². The van der Waals surface area contributed by atoms with E-state index in [1.54, 1.807) is 7.11 Å². The van der Waals surface area contributed by atoms with Gasteiger partial charge in [0, 0.05) is 18.3 Å². The zero-order valence-corrected chi connectivity index (χ0v) is 11.4. The van der Waals surface area contributed by atoms with Crippen LogP contribution in [-0.2, 0) is 0 Å². The molecule has 0 saturated heterocycles. The number of methoxy groups -OCH3 is 1. The molecule has 3 nitrogen and oxygen atoms in total. The molecule has 1 aliphatic carbocycles. The Labute approximate surface area is 110 Å². The van der Waals surface area contributed by atoms with E-state index in [9.17, 15) is 0 Å². The Morgan fingerprint density at radius 1 is 1.50 bits per heavy atom. The first-order chi connectivity index (χ1) is 8.74. The van der Waals surface area contributed by atoms with Gasteiger partial charge in [0.15, 0.2) is 0 Å². The molecule has 1 fully saturated rings. The molecule has 18 heavy (non-hydrogen) atoms. The Kier molecular flexibility index (Phi) is 4.12. The van der Waals surface area contributed by atoms with Crippen LogP contribution in [0.1, 0.15) is 32.6 Å². The topological polar surface area (TPSA) is 47.3 Å². The number of benzene rings is 1. The molecule has 0 heterocycles. The van der Waals surface area contributed by atoms with Crippen molar-refractivity contribution in [2.75, 3.05) is 19.0 Å². The van der Waals surface area contributed by atoms with E-state index in [0.717, 1.165) is 11.4 Å². The maximum absolute atomic E-state index is 6.06. The van der Waals surface area contributed by atoms with Crippen LogP contribution in [0.15, 0.2) is 24.3 Å². The van der Waals surface area contributed by atoms with Gasteiger partial charge in [0.1, 0.15) is 5.75 Å². The monoisotopic (exact) mass is 248 g/mol. The Morgan fingerprint density at radius 2 is 2.33 bits per heavy atom. The minimum absolute atomic E-state index is 0.0706. The van der Waals surface area contributed by atoms with Crippen molar-refractivity contribution < 1.29 is 4.74 Å². The normalized spacial score (nSPS) is 27.2. The Hall–Kier alpha value is -1.22. The highest BCUT2D eigenvalue weighted by Gasteiger charge is 2.40. The molecule has 3 heteroatoms. The van der Waals surface area contributed by atoms with Gasteiger partial charge in [0.2, 0.25) is 0 Å². The first-order valence-corrected chi connectivity index (χ1v) is 6.86. The molecule has 1 saturated carbocycles. The molecule has 0 amide bonds. The lowest BCUT2D eigenvalue weighted by atomic mass is 9.85. The fourth-order valence-electron chi connectivity index (χ4n) is 3.21. The molecule has 1 aromatic carbocycles. The van der Waals surface area contributed by atoms with E-state index in [2.05, 4.69) is 18.3 Å². The minimum Gasteiger partial charge on any atom is -0.497 e. The summed E-state index contributed by atoms with van der Waals surface area (Å²) < 4.78 is 5.27. The lowest BCUT2D eigenvalue weighted by molar-refractivity contribution is 0.346. The Morgan fingerprint density at radius 3 is 3.00 bits per heavy atom. The summed E-state index contributed by atoms with van der Waals surface area (Å²) in [7, 11) is 1.70. The van der Waals surface area contributed by atoms with Gasteiger partial charge < -0.3 is 15.8 Å². The van der Waals surface area contributed by atoms with E-state index in [4.69, 9.17) is 10.5 Å². The largest absolute Gasteiger partial charge is 0.497 e. The summed E-state index contributed by atoms with van der Waals surface area (Å²) in [6, 6.07) is 8.11. The van der Waals surface area contributed by atoms with Crippen molar-refractivity contribution in [2.45, 2.75) is 38.1 Å². The highest BCUT2D eigenvalue weighted by Crippen LogP contribution is 2.40. The number of rotatable bonds is 5. The van der Waals surface area contributed by atoms with E-state index in [1.807, 2.05) is 18.2 Å². The molecule has 0 bridgehead atoms. The smallest absolute Gasteiger partial charge is 0.120 e. The van der Waals surface area contributed by atoms with E-state index in [-0.39, 0.29) is 5.54 Å². The van der Waals surface area contributed by atoms with E-state index < -0.39 is 0 Å². The second kappa shape index (κ2) is 5.61. The highest BCUT2D eigenvalue weighted by atomic mass is 16.5. The van der Waals surface area contributed by atoms with Gasteiger partial charge in [-0.25, -0.2) is 0 Å². The lowest BCUT2D eigenvalue weighted by Gasteiger charge is -2.36. The maximum Gasteiger partial charge on any atom is 0.120 e. The Bertz CT molecular complexity index is 394. The molecule has 0 aromatic heterocycles. The predicted octanol–water partition coefficient (Wildman–Crippen LogP) is 3.01. The molecule has 2 rings (SSSR count). The number of anilines is 1. The van der Waals surface area contributed by atoms with E-state index in [1.165, 1.54) is 25.7 Å². The molecule has 0 aliphatic heterocycles. The summed E-state index contributed by atoms with van der Waals surface area (Å²) >= 11 is 0. The molecule has 0 radical (unpaired) electrons. The summed E-state index contributed by atoms with van der Waals surface area (Å²) in [5, 5.41) is 3.67. The van der Waals surface area contributed by atoms with Gasteiger partial charge in [-0.1, -0.05) is 25.8 Å². The summed E-state index contributed by atoms with van der Waals surface area (Å²) in [5.74, 6) is 1.56. The summed E-state index contributed by atoms with van der Waals surface area (Å²) in [6.07, 6.45) is 4.91. The van der Waals surface area contributed by atoms with Crippen LogP contribution in [0.5, 0.6) is 5.75 Å². The third kappa shape index (κ3) is 2.46. The highest BCUT2D eigenvalue weighted by molar-refractivity contribution is 5.50. The average molecular weight is 248 g/mol. The predicted molar refractivity (Wildman–Crippen MR) is 76.0 cm³/mol. The molecule has 0 spiro atoms. The van der Waals surface area contributed by atoms with Crippen molar-refractivity contribution in [2.24, 2.45) is 11.7 Å². The lowest BCUT2D eigenvalue weighted by Crippen LogP contribution is -2.48. The van der Waals surface area contributed by atoms with Crippen molar-refractivity contribution in [3.63, 3.8) is 0 Å². The average Bonchev–Trinajstić information content (AvgIpc) is 2.82. The zero-order chi connectivity index (χ0) is 13.0. The first kappa shape index (κ1) is 13.2. The SMILES string of the molecule is CCC1CCCC1(CN)Nc1cccc(OC)c1. The number of hydrogen-bond donors (Lipinski definition) is 2. The van der Waals surface area contributed by atoms with Crippen LogP contribution in [-0.4, -0.2) is 19.2 Å². The minimum atomic E-state index is 0.0706. The standard InChI is InChI=1S/C15H24N2O/c1-3-12-6-5-9-15(12,11-16)17-13-7-4-8-14(10-13)18-2/h4,7-8,10,12,17H,3,5-6,9,11,16H2,1-2H3. The van der Waals surface area contributed by atoms with Crippen LogP contribution in [0, 0.1) is 5.92 Å². The van der Waals surface area contributed by atoms with Gasteiger partial charge >= 0.3 is 0 Å². The van der Waals surface area contributed by atoms with Crippen LogP contribution < -0.4 is 15.8 Å². The number of nitrogens with two attached hydrogens (primary N) is 1. The van der Waals surface area contributed by atoms with E-state index >= 15 is 0 Å². The Balaban J connectivity index is 2.19. The molecule has 1 aliphatic rings. The van der Waals surface area contributed by atoms with Gasteiger partial charge in [0.25, 0.3) is 0 Å². The fourth-order valence-corrected chi connectivity index (χ4v) is 3.21. The summed E-state index contributed by atoms with van der Waals surface area (Å²) in [4.78, 5) is 0. The van der Waals surface area contributed by atoms with Gasteiger partial charge in [-0.3, -0.25) is 0 Å². The van der Waals surface area contributed by atoms with Crippen LogP contribution in [0.3, 0.4) is 0 Å².